The van der Waals surface area contributed by atoms with Gasteiger partial charge >= 0.3 is 0 Å². The summed E-state index contributed by atoms with van der Waals surface area (Å²) in [6, 6.07) is 0. The van der Waals surface area contributed by atoms with E-state index in [0.717, 1.165) is 25.7 Å². The summed E-state index contributed by atoms with van der Waals surface area (Å²) in [5.41, 5.74) is 10.3. The van der Waals surface area contributed by atoms with E-state index in [1.807, 2.05) is 0 Å². The Balaban J connectivity index is 3.03. The fourth-order valence-corrected chi connectivity index (χ4v) is 1.78. The van der Waals surface area contributed by atoms with Gasteiger partial charge in [-0.15, -0.1) is 0 Å². The Kier molecular flexibility index (Phi) is 11.0. The largest absolute Gasteiger partial charge is 0.370 e. The highest BCUT2D eigenvalue weighted by Crippen LogP contribution is 2.10. The number of nitrogens with two attached hydrogens (primary N) is 2. The summed E-state index contributed by atoms with van der Waals surface area (Å²) in [5.74, 6) is -0.0361. The first-order valence-electron chi connectivity index (χ1n) is 6.67. The molecule has 1 amide bonds. The van der Waals surface area contributed by atoms with Crippen molar-refractivity contribution < 1.29 is 9.59 Å². The van der Waals surface area contributed by atoms with E-state index in [0.29, 0.717) is 12.8 Å². The van der Waals surface area contributed by atoms with E-state index in [1.165, 1.54) is 25.7 Å². The molecule has 0 unspecified atom stereocenters. The summed E-state index contributed by atoms with van der Waals surface area (Å²) in [6.45, 7) is 0.180. The molecule has 0 saturated carbocycles. The van der Waals surface area contributed by atoms with Crippen molar-refractivity contribution in [3.05, 3.63) is 0 Å². The van der Waals surface area contributed by atoms with E-state index in [-0.39, 0.29) is 18.2 Å². The Morgan fingerprint density at radius 1 is 0.706 bits per heavy atom. The molecule has 100 valence electrons. The van der Waals surface area contributed by atoms with Crippen LogP contribution in [0, 0.1) is 0 Å². The second-order valence-corrected chi connectivity index (χ2v) is 4.54. The molecule has 0 spiro atoms. The normalized spacial score (nSPS) is 10.4. The number of unbranched alkanes of at least 4 members (excludes halogenated alkanes) is 7. The summed E-state index contributed by atoms with van der Waals surface area (Å²) < 4.78 is 0. The van der Waals surface area contributed by atoms with Crippen molar-refractivity contribution in [3.8, 4) is 0 Å². The second-order valence-electron chi connectivity index (χ2n) is 4.54. The monoisotopic (exact) mass is 242 g/mol. The summed E-state index contributed by atoms with van der Waals surface area (Å²) in [7, 11) is 0. The van der Waals surface area contributed by atoms with Gasteiger partial charge in [0, 0.05) is 12.8 Å². The maximum absolute atomic E-state index is 10.9. The molecule has 0 rings (SSSR count). The highest BCUT2D eigenvalue weighted by Gasteiger charge is 1.98. The molecule has 0 heterocycles. The van der Waals surface area contributed by atoms with Crippen molar-refractivity contribution in [1.82, 2.24) is 0 Å². The van der Waals surface area contributed by atoms with Crippen molar-refractivity contribution in [3.63, 3.8) is 0 Å². The minimum atomic E-state index is -0.199. The van der Waals surface area contributed by atoms with Crippen LogP contribution in [0.25, 0.3) is 0 Å². The lowest BCUT2D eigenvalue weighted by molar-refractivity contribution is -0.118. The average molecular weight is 242 g/mol. The molecule has 4 heteroatoms. The third kappa shape index (κ3) is 13.0. The van der Waals surface area contributed by atoms with Crippen LogP contribution in [0.15, 0.2) is 0 Å². The molecule has 4 N–H and O–H groups in total. The van der Waals surface area contributed by atoms with Crippen molar-refractivity contribution in [2.45, 2.75) is 64.2 Å². The van der Waals surface area contributed by atoms with Crippen molar-refractivity contribution in [2.75, 3.05) is 6.54 Å². The zero-order chi connectivity index (χ0) is 12.9. The van der Waals surface area contributed by atoms with Crippen LogP contribution in [0.5, 0.6) is 0 Å². The second kappa shape index (κ2) is 11.6. The number of carbonyl (C=O) groups is 2. The van der Waals surface area contributed by atoms with Crippen LogP contribution < -0.4 is 11.5 Å². The van der Waals surface area contributed by atoms with E-state index in [9.17, 15) is 9.59 Å². The highest BCUT2D eigenvalue weighted by atomic mass is 16.1. The van der Waals surface area contributed by atoms with Gasteiger partial charge in [-0.2, -0.15) is 0 Å². The Morgan fingerprint density at radius 3 is 1.53 bits per heavy atom. The lowest BCUT2D eigenvalue weighted by Gasteiger charge is -2.01. The van der Waals surface area contributed by atoms with Crippen molar-refractivity contribution in [1.29, 1.82) is 0 Å². The summed E-state index contributed by atoms with van der Waals surface area (Å²) in [5, 5.41) is 0. The molecule has 0 aromatic rings. The Morgan fingerprint density at radius 2 is 1.12 bits per heavy atom. The fourth-order valence-electron chi connectivity index (χ4n) is 1.78. The van der Waals surface area contributed by atoms with E-state index >= 15 is 0 Å². The molecule has 0 aromatic carbocycles. The van der Waals surface area contributed by atoms with Crippen LogP contribution >= 0.6 is 0 Å². The first-order chi connectivity index (χ1) is 8.16. The van der Waals surface area contributed by atoms with Gasteiger partial charge in [0.25, 0.3) is 0 Å². The van der Waals surface area contributed by atoms with E-state index in [1.54, 1.807) is 0 Å². The molecule has 17 heavy (non-hydrogen) atoms. The van der Waals surface area contributed by atoms with Crippen LogP contribution in [0.1, 0.15) is 64.2 Å². The highest BCUT2D eigenvalue weighted by molar-refractivity contribution is 5.80. The van der Waals surface area contributed by atoms with E-state index < -0.39 is 0 Å². The number of rotatable bonds is 12. The number of primary amides is 1. The van der Waals surface area contributed by atoms with Gasteiger partial charge < -0.3 is 11.5 Å². The van der Waals surface area contributed by atoms with Gasteiger partial charge in [0.1, 0.15) is 5.78 Å². The van der Waals surface area contributed by atoms with Gasteiger partial charge in [-0.1, -0.05) is 38.5 Å². The van der Waals surface area contributed by atoms with Crippen molar-refractivity contribution >= 4 is 11.7 Å². The number of carbonyl (C=O) groups excluding carboxylic acids is 2. The number of amides is 1. The van der Waals surface area contributed by atoms with Crippen LogP contribution in [-0.2, 0) is 9.59 Å². The van der Waals surface area contributed by atoms with Gasteiger partial charge in [0.05, 0.1) is 6.54 Å². The lowest BCUT2D eigenvalue weighted by Crippen LogP contribution is -2.12. The molecule has 0 bridgehead atoms. The Labute approximate surface area is 104 Å². The number of ketones is 1. The van der Waals surface area contributed by atoms with E-state index in [4.69, 9.17) is 11.5 Å². The maximum atomic E-state index is 10.9. The summed E-state index contributed by atoms with van der Waals surface area (Å²) in [6.07, 6.45) is 10.0. The van der Waals surface area contributed by atoms with Gasteiger partial charge in [-0.25, -0.2) is 0 Å². The predicted octanol–water partition coefficient (Wildman–Crippen LogP) is 1.90. The first kappa shape index (κ1) is 16.1. The quantitative estimate of drug-likeness (QED) is 0.512. The molecule has 0 atom stereocenters. The zero-order valence-corrected chi connectivity index (χ0v) is 10.7. The first-order valence-corrected chi connectivity index (χ1v) is 6.67. The van der Waals surface area contributed by atoms with Gasteiger partial charge in [-0.3, -0.25) is 9.59 Å². The molecule has 0 aromatic heterocycles. The maximum Gasteiger partial charge on any atom is 0.217 e. The lowest BCUT2D eigenvalue weighted by atomic mass is 10.1. The van der Waals surface area contributed by atoms with Gasteiger partial charge in [0.2, 0.25) is 5.91 Å². The SMILES string of the molecule is NCC(=O)CCCCCCCCCCC(N)=O. The predicted molar refractivity (Wildman–Crippen MR) is 69.4 cm³/mol. The number of hydrogen-bond donors (Lipinski definition) is 2. The smallest absolute Gasteiger partial charge is 0.217 e. The minimum Gasteiger partial charge on any atom is -0.370 e. The van der Waals surface area contributed by atoms with Gasteiger partial charge in [0.15, 0.2) is 0 Å². The fraction of sp³-hybridized carbons (Fsp3) is 0.846. The third-order valence-corrected chi connectivity index (χ3v) is 2.86. The van der Waals surface area contributed by atoms with E-state index in [2.05, 4.69) is 0 Å². The van der Waals surface area contributed by atoms with Gasteiger partial charge in [-0.05, 0) is 12.8 Å². The molecule has 0 radical (unpaired) electrons. The van der Waals surface area contributed by atoms with Crippen LogP contribution in [0.2, 0.25) is 0 Å². The topological polar surface area (TPSA) is 86.2 Å². The third-order valence-electron chi connectivity index (χ3n) is 2.86. The molecular formula is C13H26N2O2. The molecule has 0 aliphatic rings. The minimum absolute atomic E-state index is 0.163. The summed E-state index contributed by atoms with van der Waals surface area (Å²) in [4.78, 5) is 21.4. The standard InChI is InChI=1S/C13H26N2O2/c14-11-12(16)9-7-5-3-1-2-4-6-8-10-13(15)17/h1-11,14H2,(H2,15,17). The zero-order valence-electron chi connectivity index (χ0n) is 10.7. The number of Topliss-reactive ketones (excluding diaryl/α,β-unsaturated/α-hetero) is 1. The molecule has 0 fully saturated rings. The Bertz CT molecular complexity index is 217. The van der Waals surface area contributed by atoms with Crippen LogP contribution in [0.4, 0.5) is 0 Å². The van der Waals surface area contributed by atoms with Crippen molar-refractivity contribution in [2.24, 2.45) is 11.5 Å². The van der Waals surface area contributed by atoms with Crippen LogP contribution in [-0.4, -0.2) is 18.2 Å². The molecular weight excluding hydrogens is 216 g/mol. The Hall–Kier alpha value is -0.900. The molecule has 4 nitrogen and oxygen atoms in total. The molecule has 0 saturated heterocycles. The molecule has 0 aliphatic heterocycles. The number of hydrogen-bond acceptors (Lipinski definition) is 3. The average Bonchev–Trinajstić information content (AvgIpc) is 2.30. The summed E-state index contributed by atoms with van der Waals surface area (Å²) >= 11 is 0. The van der Waals surface area contributed by atoms with Crippen LogP contribution in [0.3, 0.4) is 0 Å². The molecule has 0 aliphatic carbocycles.